The average Bonchev–Trinajstić information content (AvgIpc) is 3.71. The number of esters is 1. The standard InChI is InChI=1S/C39H31N3O2/c1-3-41-31-23-13-11-20-28(31)33(35(41)26-16-7-5-8-17-26)39(37-30(38(43)44-39)22-15-25-40-37)34-29-21-12-14-24-32(29)42(4-2)36(34)27-18-9-6-10-19-27/h5-25H,3-4H2,1-2H3. The SMILES string of the molecule is CCn1c(-c2ccccc2)c(C2(c3c(-c4ccccc4)n(CC)c4ccccc34)OC(=O)c3cccnc32)c2ccccc21. The monoisotopic (exact) mass is 573 g/mol. The van der Waals surface area contributed by atoms with E-state index in [1.54, 1.807) is 6.20 Å². The van der Waals surface area contributed by atoms with Crippen molar-refractivity contribution in [1.29, 1.82) is 0 Å². The summed E-state index contributed by atoms with van der Waals surface area (Å²) in [7, 11) is 0. The predicted octanol–water partition coefficient (Wildman–Crippen LogP) is 8.83. The number of aromatic nitrogens is 3. The largest absolute Gasteiger partial charge is 0.439 e. The van der Waals surface area contributed by atoms with Gasteiger partial charge in [-0.3, -0.25) is 4.98 Å². The third-order valence-corrected chi connectivity index (χ3v) is 8.98. The van der Waals surface area contributed by atoms with Crippen molar-refractivity contribution in [3.8, 4) is 22.5 Å². The number of hydrogen-bond acceptors (Lipinski definition) is 3. The van der Waals surface area contributed by atoms with Crippen molar-refractivity contribution in [3.63, 3.8) is 0 Å². The fourth-order valence-corrected chi connectivity index (χ4v) is 7.33. The van der Waals surface area contributed by atoms with Crippen LogP contribution in [0.15, 0.2) is 128 Å². The Hall–Kier alpha value is -5.42. The van der Waals surface area contributed by atoms with E-state index in [4.69, 9.17) is 9.72 Å². The molecule has 0 saturated heterocycles. The summed E-state index contributed by atoms with van der Waals surface area (Å²) >= 11 is 0. The van der Waals surface area contributed by atoms with Crippen LogP contribution in [0.3, 0.4) is 0 Å². The highest BCUT2D eigenvalue weighted by molar-refractivity contribution is 6.04. The molecule has 0 amide bonds. The van der Waals surface area contributed by atoms with Crippen molar-refractivity contribution in [2.75, 3.05) is 0 Å². The molecule has 4 heterocycles. The predicted molar refractivity (Wildman–Crippen MR) is 176 cm³/mol. The molecule has 214 valence electrons. The Kier molecular flexibility index (Phi) is 6.02. The molecule has 0 saturated carbocycles. The zero-order valence-corrected chi connectivity index (χ0v) is 24.7. The Labute approximate surface area is 256 Å². The van der Waals surface area contributed by atoms with Gasteiger partial charge in [-0.2, -0.15) is 0 Å². The van der Waals surface area contributed by atoms with Crippen LogP contribution in [0.25, 0.3) is 44.3 Å². The molecule has 0 fully saturated rings. The van der Waals surface area contributed by atoms with Gasteiger partial charge in [0, 0.05) is 52.2 Å². The quantitative estimate of drug-likeness (QED) is 0.187. The number of fused-ring (bicyclic) bond motifs is 3. The van der Waals surface area contributed by atoms with E-state index in [0.717, 1.165) is 68.5 Å². The smallest absolute Gasteiger partial charge is 0.341 e. The fraction of sp³-hybridized carbons (Fsp3) is 0.128. The first kappa shape index (κ1) is 26.2. The maximum absolute atomic E-state index is 14.1. The molecule has 1 aliphatic heterocycles. The fourth-order valence-electron chi connectivity index (χ4n) is 7.33. The highest BCUT2D eigenvalue weighted by Gasteiger charge is 2.55. The number of para-hydroxylation sites is 2. The number of hydrogen-bond donors (Lipinski definition) is 0. The maximum atomic E-state index is 14.1. The molecular weight excluding hydrogens is 542 g/mol. The van der Waals surface area contributed by atoms with Gasteiger partial charge in [-0.25, -0.2) is 4.79 Å². The summed E-state index contributed by atoms with van der Waals surface area (Å²) in [4.78, 5) is 19.1. The molecule has 5 heteroatoms. The van der Waals surface area contributed by atoms with E-state index in [0.29, 0.717) is 11.3 Å². The first-order valence-electron chi connectivity index (χ1n) is 15.2. The minimum absolute atomic E-state index is 0.368. The molecule has 0 atom stereocenters. The summed E-state index contributed by atoms with van der Waals surface area (Å²) in [6.07, 6.45) is 1.78. The van der Waals surface area contributed by atoms with Crippen LogP contribution in [-0.2, 0) is 23.4 Å². The number of cyclic esters (lactones) is 1. The number of carbonyl (C=O) groups excluding carboxylic acids is 1. The van der Waals surface area contributed by atoms with E-state index in [-0.39, 0.29) is 5.97 Å². The van der Waals surface area contributed by atoms with Gasteiger partial charge in [0.1, 0.15) is 5.69 Å². The van der Waals surface area contributed by atoms with Crippen LogP contribution in [0, 0.1) is 0 Å². The van der Waals surface area contributed by atoms with Crippen LogP contribution >= 0.6 is 0 Å². The minimum atomic E-state index is -1.33. The van der Waals surface area contributed by atoms with E-state index in [2.05, 4.69) is 120 Å². The van der Waals surface area contributed by atoms with E-state index in [1.165, 1.54) is 0 Å². The van der Waals surface area contributed by atoms with Crippen LogP contribution in [-0.4, -0.2) is 20.1 Å². The lowest BCUT2D eigenvalue weighted by Gasteiger charge is -2.31. The average molecular weight is 574 g/mol. The molecule has 0 aliphatic carbocycles. The first-order chi connectivity index (χ1) is 21.7. The number of benzene rings is 4. The van der Waals surface area contributed by atoms with Crippen molar-refractivity contribution in [2.45, 2.75) is 32.5 Å². The van der Waals surface area contributed by atoms with Crippen molar-refractivity contribution >= 4 is 27.8 Å². The minimum Gasteiger partial charge on any atom is -0.439 e. The topological polar surface area (TPSA) is 49.0 Å². The van der Waals surface area contributed by atoms with Crippen molar-refractivity contribution in [2.24, 2.45) is 0 Å². The number of rotatable bonds is 6. The molecule has 7 aromatic rings. The van der Waals surface area contributed by atoms with E-state index >= 15 is 0 Å². The second-order valence-electron chi connectivity index (χ2n) is 11.2. The summed E-state index contributed by atoms with van der Waals surface area (Å²) < 4.78 is 11.6. The van der Waals surface area contributed by atoms with Crippen LogP contribution in [0.5, 0.6) is 0 Å². The van der Waals surface area contributed by atoms with Gasteiger partial charge in [0.15, 0.2) is 0 Å². The number of aryl methyl sites for hydroxylation is 2. The second kappa shape index (κ2) is 10.1. The molecule has 0 unspecified atom stereocenters. The number of ether oxygens (including phenoxy) is 1. The molecule has 5 nitrogen and oxygen atoms in total. The Morgan fingerprint density at radius 2 is 1.09 bits per heavy atom. The molecule has 4 aromatic carbocycles. The lowest BCUT2D eigenvalue weighted by atomic mass is 9.78. The van der Waals surface area contributed by atoms with E-state index < -0.39 is 5.60 Å². The van der Waals surface area contributed by atoms with Crippen LogP contribution in [0.4, 0.5) is 0 Å². The molecule has 0 radical (unpaired) electrons. The Balaban J connectivity index is 1.65. The van der Waals surface area contributed by atoms with Gasteiger partial charge in [0.2, 0.25) is 5.60 Å². The highest BCUT2D eigenvalue weighted by atomic mass is 16.6. The second-order valence-corrected chi connectivity index (χ2v) is 11.2. The summed E-state index contributed by atoms with van der Waals surface area (Å²) in [5.41, 5.74) is 7.98. The number of nitrogens with zero attached hydrogens (tertiary/aromatic N) is 3. The lowest BCUT2D eigenvalue weighted by Crippen LogP contribution is -2.32. The molecule has 0 bridgehead atoms. The molecule has 44 heavy (non-hydrogen) atoms. The molecule has 1 aliphatic rings. The zero-order chi connectivity index (χ0) is 29.8. The van der Waals surface area contributed by atoms with Crippen LogP contribution < -0.4 is 0 Å². The molecular formula is C39H31N3O2. The lowest BCUT2D eigenvalue weighted by molar-refractivity contribution is 0.0254. The first-order valence-corrected chi connectivity index (χ1v) is 15.2. The third kappa shape index (κ3) is 3.53. The van der Waals surface area contributed by atoms with Crippen molar-refractivity contribution in [1.82, 2.24) is 14.1 Å². The van der Waals surface area contributed by atoms with Crippen LogP contribution in [0.2, 0.25) is 0 Å². The number of carbonyl (C=O) groups is 1. The van der Waals surface area contributed by atoms with Gasteiger partial charge in [0.25, 0.3) is 0 Å². The molecule has 0 N–H and O–H groups in total. The Bertz CT molecular complexity index is 2070. The van der Waals surface area contributed by atoms with Gasteiger partial charge in [-0.05, 0) is 49.2 Å². The normalized spacial score (nSPS) is 13.8. The summed E-state index contributed by atoms with van der Waals surface area (Å²) in [5.74, 6) is -0.368. The summed E-state index contributed by atoms with van der Waals surface area (Å²) in [6.45, 7) is 5.82. The Morgan fingerprint density at radius 1 is 0.614 bits per heavy atom. The maximum Gasteiger partial charge on any atom is 0.341 e. The van der Waals surface area contributed by atoms with Gasteiger partial charge in [0.05, 0.1) is 17.0 Å². The molecule has 3 aromatic heterocycles. The van der Waals surface area contributed by atoms with Crippen LogP contribution in [0.1, 0.15) is 41.0 Å². The van der Waals surface area contributed by atoms with E-state index in [9.17, 15) is 4.79 Å². The van der Waals surface area contributed by atoms with Gasteiger partial charge in [-0.1, -0.05) is 97.1 Å². The molecule has 0 spiro atoms. The molecule has 8 rings (SSSR count). The van der Waals surface area contributed by atoms with Crippen molar-refractivity contribution < 1.29 is 9.53 Å². The summed E-state index contributed by atoms with van der Waals surface area (Å²) in [5, 5.41) is 2.07. The van der Waals surface area contributed by atoms with Crippen molar-refractivity contribution in [3.05, 3.63) is 150 Å². The zero-order valence-electron chi connectivity index (χ0n) is 24.7. The van der Waals surface area contributed by atoms with Gasteiger partial charge >= 0.3 is 5.97 Å². The van der Waals surface area contributed by atoms with E-state index in [1.807, 2.05) is 24.3 Å². The van der Waals surface area contributed by atoms with Gasteiger partial charge < -0.3 is 13.9 Å². The highest BCUT2D eigenvalue weighted by Crippen LogP contribution is 2.56. The van der Waals surface area contributed by atoms with Gasteiger partial charge in [-0.15, -0.1) is 0 Å². The summed E-state index contributed by atoms with van der Waals surface area (Å²) in [6, 6.07) is 41.5. The number of pyridine rings is 1. The third-order valence-electron chi connectivity index (χ3n) is 8.98. The Morgan fingerprint density at radius 3 is 1.59 bits per heavy atom.